The molecule has 0 bridgehead atoms. The minimum atomic E-state index is -3.67. The van der Waals surface area contributed by atoms with Crippen LogP contribution in [0.4, 0.5) is 5.69 Å². The van der Waals surface area contributed by atoms with E-state index in [0.29, 0.717) is 18.0 Å². The summed E-state index contributed by atoms with van der Waals surface area (Å²) in [5, 5.41) is 2.99. The Morgan fingerprint density at radius 3 is 2.32 bits per heavy atom. The van der Waals surface area contributed by atoms with Crippen molar-refractivity contribution < 1.29 is 17.9 Å². The Hall–Kier alpha value is -2.54. The highest BCUT2D eigenvalue weighted by Crippen LogP contribution is 2.26. The van der Waals surface area contributed by atoms with Crippen LogP contribution in [0.1, 0.15) is 56.3 Å². The van der Waals surface area contributed by atoms with Crippen molar-refractivity contribution in [3.63, 3.8) is 0 Å². The molecule has 2 aromatic carbocycles. The van der Waals surface area contributed by atoms with Gasteiger partial charge in [0.15, 0.2) is 0 Å². The van der Waals surface area contributed by atoms with Crippen LogP contribution in [0, 0.1) is 0 Å². The van der Waals surface area contributed by atoms with Gasteiger partial charge >= 0.3 is 0 Å². The molecule has 1 aliphatic carbocycles. The average Bonchev–Trinajstić information content (AvgIpc) is 2.74. The van der Waals surface area contributed by atoms with Crippen LogP contribution < -0.4 is 14.4 Å². The first-order valence-electron chi connectivity index (χ1n) is 10.8. The number of hydrogen-bond acceptors (Lipinski definition) is 4. The Labute approximate surface area is 185 Å². The molecule has 0 fully saturated rings. The molecule has 0 unspecified atom stereocenters. The van der Waals surface area contributed by atoms with Gasteiger partial charge < -0.3 is 10.1 Å². The third-order valence-electron chi connectivity index (χ3n) is 5.72. The van der Waals surface area contributed by atoms with Crippen LogP contribution in [0.5, 0.6) is 5.75 Å². The van der Waals surface area contributed by atoms with Crippen LogP contribution in [0.3, 0.4) is 0 Å². The molecule has 0 heterocycles. The molecule has 1 amide bonds. The molecule has 0 aromatic heterocycles. The maximum atomic E-state index is 13.0. The number of sulfonamides is 1. The number of fused-ring (bicyclic) bond motifs is 1. The molecule has 2 aromatic rings. The normalized spacial score (nSPS) is 15.5. The second-order valence-electron chi connectivity index (χ2n) is 8.13. The van der Waals surface area contributed by atoms with E-state index in [9.17, 15) is 13.2 Å². The maximum Gasteiger partial charge on any atom is 0.244 e. The number of nitrogens with one attached hydrogen (secondary N) is 1. The van der Waals surface area contributed by atoms with E-state index in [2.05, 4.69) is 23.5 Å². The quantitative estimate of drug-likeness (QED) is 0.668. The lowest BCUT2D eigenvalue weighted by Gasteiger charge is -2.29. The van der Waals surface area contributed by atoms with Gasteiger partial charge in [-0.15, -0.1) is 0 Å². The molecule has 0 spiro atoms. The summed E-state index contributed by atoms with van der Waals surface area (Å²) in [6, 6.07) is 12.0. The van der Waals surface area contributed by atoms with Crippen molar-refractivity contribution in [2.24, 2.45) is 0 Å². The van der Waals surface area contributed by atoms with Crippen LogP contribution in [-0.4, -0.2) is 33.2 Å². The molecule has 1 N–H and O–H groups in total. The van der Waals surface area contributed by atoms with Gasteiger partial charge in [0, 0.05) is 0 Å². The number of hydrogen-bond donors (Lipinski definition) is 1. The van der Waals surface area contributed by atoms with Gasteiger partial charge in [0.05, 0.1) is 24.6 Å². The Kier molecular flexibility index (Phi) is 7.26. The highest BCUT2D eigenvalue weighted by atomic mass is 32.2. The van der Waals surface area contributed by atoms with Crippen molar-refractivity contribution in [3.05, 3.63) is 59.2 Å². The summed E-state index contributed by atoms with van der Waals surface area (Å²) in [6.45, 7) is 5.94. The van der Waals surface area contributed by atoms with Crippen molar-refractivity contribution in [2.75, 3.05) is 17.2 Å². The summed E-state index contributed by atoms with van der Waals surface area (Å²) in [4.78, 5) is 13.0. The molecule has 6 nitrogen and oxygen atoms in total. The van der Waals surface area contributed by atoms with Crippen LogP contribution in [-0.2, 0) is 27.7 Å². The number of anilines is 1. The molecule has 3 rings (SSSR count). The Balaban J connectivity index is 1.76. The summed E-state index contributed by atoms with van der Waals surface area (Å²) in [6.07, 6.45) is 5.71. The largest absolute Gasteiger partial charge is 0.494 e. The number of carbonyl (C=O) groups is 1. The van der Waals surface area contributed by atoms with E-state index in [1.807, 2.05) is 13.8 Å². The smallest absolute Gasteiger partial charge is 0.244 e. The zero-order chi connectivity index (χ0) is 22.6. The van der Waals surface area contributed by atoms with E-state index in [0.717, 1.165) is 29.0 Å². The van der Waals surface area contributed by atoms with Gasteiger partial charge in [-0.05, 0) is 87.4 Å². The molecule has 31 heavy (non-hydrogen) atoms. The Morgan fingerprint density at radius 1 is 1.06 bits per heavy atom. The van der Waals surface area contributed by atoms with E-state index >= 15 is 0 Å². The fourth-order valence-electron chi connectivity index (χ4n) is 4.10. The number of ether oxygens (including phenoxy) is 1. The van der Waals surface area contributed by atoms with Gasteiger partial charge in [0.1, 0.15) is 11.8 Å². The molecule has 7 heteroatoms. The number of carbonyl (C=O) groups excluding carboxylic acids is 1. The van der Waals surface area contributed by atoms with Crippen molar-refractivity contribution in [1.82, 2.24) is 5.32 Å². The number of nitrogens with zero attached hydrogens (tertiary/aromatic N) is 1. The first kappa shape index (κ1) is 23.1. The van der Waals surface area contributed by atoms with E-state index in [1.54, 1.807) is 31.2 Å². The van der Waals surface area contributed by atoms with Gasteiger partial charge in [-0.25, -0.2) is 8.42 Å². The molecule has 168 valence electrons. The Bertz CT molecular complexity index is 1020. The van der Waals surface area contributed by atoms with Gasteiger partial charge in [0.2, 0.25) is 15.9 Å². The lowest BCUT2D eigenvalue weighted by atomic mass is 9.89. The number of aryl methyl sites for hydroxylation is 2. The summed E-state index contributed by atoms with van der Waals surface area (Å²) in [7, 11) is -3.67. The second kappa shape index (κ2) is 9.73. The van der Waals surface area contributed by atoms with Crippen molar-refractivity contribution >= 4 is 21.6 Å². The first-order chi connectivity index (χ1) is 14.7. The predicted octanol–water partition coefficient (Wildman–Crippen LogP) is 4.00. The summed E-state index contributed by atoms with van der Waals surface area (Å²) in [5.41, 5.74) is 4.20. The average molecular weight is 445 g/mol. The zero-order valence-electron chi connectivity index (χ0n) is 18.7. The third kappa shape index (κ3) is 5.58. The first-order valence-corrected chi connectivity index (χ1v) is 12.7. The van der Waals surface area contributed by atoms with Crippen LogP contribution in [0.25, 0.3) is 0 Å². The highest BCUT2D eigenvalue weighted by Gasteiger charge is 2.30. The van der Waals surface area contributed by atoms with Gasteiger partial charge in [0.25, 0.3) is 0 Å². The lowest BCUT2D eigenvalue weighted by Crippen LogP contribution is -2.48. The number of rotatable bonds is 8. The van der Waals surface area contributed by atoms with Crippen LogP contribution in [0.15, 0.2) is 42.5 Å². The second-order valence-corrected chi connectivity index (χ2v) is 9.99. The molecular formula is C24H32N2O4S. The molecule has 1 aliphatic rings. The fourth-order valence-corrected chi connectivity index (χ4v) is 5.28. The molecule has 0 aliphatic heterocycles. The van der Waals surface area contributed by atoms with E-state index in [4.69, 9.17) is 4.74 Å². The van der Waals surface area contributed by atoms with E-state index in [1.165, 1.54) is 24.0 Å². The highest BCUT2D eigenvalue weighted by molar-refractivity contribution is 7.92. The van der Waals surface area contributed by atoms with E-state index < -0.39 is 16.1 Å². The number of benzene rings is 2. The van der Waals surface area contributed by atoms with Crippen molar-refractivity contribution in [3.8, 4) is 5.75 Å². The van der Waals surface area contributed by atoms with Gasteiger partial charge in [-0.3, -0.25) is 9.10 Å². The van der Waals surface area contributed by atoms with Crippen LogP contribution in [0.2, 0.25) is 0 Å². The molecule has 2 atom stereocenters. The van der Waals surface area contributed by atoms with Crippen molar-refractivity contribution in [1.29, 1.82) is 0 Å². The number of amides is 1. The Morgan fingerprint density at radius 2 is 1.71 bits per heavy atom. The monoisotopic (exact) mass is 444 g/mol. The summed E-state index contributed by atoms with van der Waals surface area (Å²) < 4.78 is 31.6. The van der Waals surface area contributed by atoms with E-state index in [-0.39, 0.29) is 11.9 Å². The van der Waals surface area contributed by atoms with Crippen LogP contribution >= 0.6 is 0 Å². The van der Waals surface area contributed by atoms with Gasteiger partial charge in [-0.1, -0.05) is 18.2 Å². The lowest BCUT2D eigenvalue weighted by molar-refractivity contribution is -0.122. The predicted molar refractivity (Wildman–Crippen MR) is 124 cm³/mol. The maximum absolute atomic E-state index is 13.0. The summed E-state index contributed by atoms with van der Waals surface area (Å²) in [5.74, 6) is 0.308. The molecule has 0 radical (unpaired) electrons. The topological polar surface area (TPSA) is 75.7 Å². The van der Waals surface area contributed by atoms with Crippen molar-refractivity contribution in [2.45, 2.75) is 58.5 Å². The van der Waals surface area contributed by atoms with Gasteiger partial charge in [-0.2, -0.15) is 0 Å². The standard InChI is InChI=1S/C24H32N2O4S/c1-5-30-23-14-12-22(13-15-23)26(31(4,28)29)18(3)24(27)25-17(2)20-11-10-19-8-6-7-9-21(19)16-20/h10-18H,5-9H2,1-4H3,(H,25,27)/t17-,18+/m1/s1. The summed E-state index contributed by atoms with van der Waals surface area (Å²) >= 11 is 0. The fraction of sp³-hybridized carbons (Fsp3) is 0.458. The molecule has 0 saturated heterocycles. The molecule has 0 saturated carbocycles. The molecular weight excluding hydrogens is 412 g/mol. The minimum Gasteiger partial charge on any atom is -0.494 e. The zero-order valence-corrected chi connectivity index (χ0v) is 19.5. The minimum absolute atomic E-state index is 0.219. The third-order valence-corrected chi connectivity index (χ3v) is 6.96. The SMILES string of the molecule is CCOc1ccc(N([C@@H](C)C(=O)N[C@H](C)c2ccc3c(c2)CCCC3)S(C)(=O)=O)cc1.